The van der Waals surface area contributed by atoms with Crippen LogP contribution in [0.4, 0.5) is 0 Å². The molecule has 0 atom stereocenters. The van der Waals surface area contributed by atoms with Gasteiger partial charge in [-0.1, -0.05) is 11.6 Å². The van der Waals surface area contributed by atoms with Crippen LogP contribution in [0.15, 0.2) is 24.4 Å². The highest BCUT2D eigenvalue weighted by molar-refractivity contribution is 5.85. The van der Waals surface area contributed by atoms with Crippen LogP contribution in [0.5, 0.6) is 0 Å². The molecule has 0 fully saturated rings. The van der Waals surface area contributed by atoms with E-state index < -0.39 is 0 Å². The van der Waals surface area contributed by atoms with Gasteiger partial charge in [0.1, 0.15) is 0 Å². The number of hydrogen-bond acceptors (Lipinski definition) is 2. The highest BCUT2D eigenvalue weighted by Gasteiger charge is 2.12. The molecular weight excluding hydrogens is 236 g/mol. The van der Waals surface area contributed by atoms with E-state index in [9.17, 15) is 0 Å². The lowest BCUT2D eigenvalue weighted by molar-refractivity contribution is 0.933. The zero-order valence-corrected chi connectivity index (χ0v) is 11.2. The van der Waals surface area contributed by atoms with Gasteiger partial charge in [-0.15, -0.1) is 0 Å². The zero-order valence-electron chi connectivity index (χ0n) is 11.2. The first-order valence-electron chi connectivity index (χ1n) is 6.48. The molecule has 0 amide bonds. The van der Waals surface area contributed by atoms with E-state index in [0.29, 0.717) is 6.54 Å². The van der Waals surface area contributed by atoms with E-state index >= 15 is 0 Å². The number of H-pyrrole nitrogens is 2. The van der Waals surface area contributed by atoms with E-state index in [0.717, 1.165) is 12.1 Å². The third-order valence-electron chi connectivity index (χ3n) is 3.65. The molecule has 4 heteroatoms. The number of nitrogens with one attached hydrogen (secondary N) is 2. The molecule has 19 heavy (non-hydrogen) atoms. The summed E-state index contributed by atoms with van der Waals surface area (Å²) >= 11 is 0. The fourth-order valence-corrected chi connectivity index (χ4v) is 2.58. The van der Waals surface area contributed by atoms with Crippen molar-refractivity contribution < 1.29 is 0 Å². The second-order valence-electron chi connectivity index (χ2n) is 5.03. The molecule has 0 unspecified atom stereocenters. The summed E-state index contributed by atoms with van der Waals surface area (Å²) in [5.41, 5.74) is 12.9. The Labute approximate surface area is 112 Å². The number of hydrogen-bond donors (Lipinski definition) is 3. The Morgan fingerprint density at radius 2 is 2.11 bits per heavy atom. The van der Waals surface area contributed by atoms with E-state index in [2.05, 4.69) is 47.2 Å². The van der Waals surface area contributed by atoms with Gasteiger partial charge in [0, 0.05) is 29.6 Å². The molecule has 2 aromatic heterocycles. The molecule has 0 bridgehead atoms. The van der Waals surface area contributed by atoms with Gasteiger partial charge < -0.3 is 10.7 Å². The molecular formula is C15H18N4. The molecule has 0 spiro atoms. The topological polar surface area (TPSA) is 70.5 Å². The van der Waals surface area contributed by atoms with Crippen LogP contribution >= 0.6 is 0 Å². The highest BCUT2D eigenvalue weighted by Crippen LogP contribution is 2.26. The maximum atomic E-state index is 5.72. The third-order valence-corrected chi connectivity index (χ3v) is 3.65. The van der Waals surface area contributed by atoms with E-state index in [4.69, 9.17) is 5.73 Å². The fraction of sp³-hybridized carbons (Fsp3) is 0.267. The first kappa shape index (κ1) is 12.0. The first-order chi connectivity index (χ1) is 9.19. The Bertz CT molecular complexity index is 721. The largest absolute Gasteiger partial charge is 0.358 e. The first-order valence-corrected chi connectivity index (χ1v) is 6.48. The number of aromatic nitrogens is 3. The van der Waals surface area contributed by atoms with Crippen LogP contribution in [0, 0.1) is 13.8 Å². The van der Waals surface area contributed by atoms with Crippen LogP contribution in [0.3, 0.4) is 0 Å². The van der Waals surface area contributed by atoms with Crippen molar-refractivity contribution in [2.45, 2.75) is 26.8 Å². The maximum Gasteiger partial charge on any atom is 0.0526 e. The molecule has 4 nitrogen and oxygen atoms in total. The van der Waals surface area contributed by atoms with Gasteiger partial charge in [-0.3, -0.25) is 5.10 Å². The van der Waals surface area contributed by atoms with Crippen molar-refractivity contribution in [1.82, 2.24) is 15.2 Å². The second-order valence-corrected chi connectivity index (χ2v) is 5.03. The summed E-state index contributed by atoms with van der Waals surface area (Å²) in [5, 5.41) is 8.34. The highest BCUT2D eigenvalue weighted by atomic mass is 15.1. The van der Waals surface area contributed by atoms with Crippen LogP contribution in [-0.4, -0.2) is 15.2 Å². The predicted octanol–water partition coefficient (Wildman–Crippen LogP) is 2.56. The average molecular weight is 254 g/mol. The number of fused-ring (bicyclic) bond motifs is 1. The number of benzene rings is 1. The van der Waals surface area contributed by atoms with Crippen LogP contribution in [0.1, 0.15) is 28.1 Å². The zero-order chi connectivity index (χ0) is 13.4. The van der Waals surface area contributed by atoms with E-state index in [-0.39, 0.29) is 0 Å². The van der Waals surface area contributed by atoms with E-state index in [1.807, 2.05) is 6.20 Å². The number of nitrogens with zero attached hydrogens (tertiary/aromatic N) is 1. The molecule has 0 aliphatic carbocycles. The van der Waals surface area contributed by atoms with Crippen LogP contribution < -0.4 is 5.73 Å². The summed E-state index contributed by atoms with van der Waals surface area (Å²) in [6.07, 6.45) is 2.73. The van der Waals surface area contributed by atoms with E-state index in [1.54, 1.807) is 0 Å². The molecule has 3 aromatic rings. The normalized spacial score (nSPS) is 11.3. The Morgan fingerprint density at radius 1 is 1.26 bits per heavy atom. The average Bonchev–Trinajstić information content (AvgIpc) is 2.96. The van der Waals surface area contributed by atoms with Gasteiger partial charge >= 0.3 is 0 Å². The van der Waals surface area contributed by atoms with Gasteiger partial charge in [0.05, 0.1) is 11.9 Å². The maximum absolute atomic E-state index is 5.72. The molecule has 0 saturated carbocycles. The fourth-order valence-electron chi connectivity index (χ4n) is 2.58. The van der Waals surface area contributed by atoms with Gasteiger partial charge in [-0.05, 0) is 37.1 Å². The summed E-state index contributed by atoms with van der Waals surface area (Å²) < 4.78 is 0. The standard InChI is InChI=1S/C15H18N4/c1-9-3-4-14-13(5-9)12(10(2)18-14)6-11-8-17-19-15(11)7-16/h3-5,8,18H,6-7,16H2,1-2H3,(H,17,19). The molecule has 0 aliphatic heterocycles. The summed E-state index contributed by atoms with van der Waals surface area (Å²) in [5.74, 6) is 0. The van der Waals surface area contributed by atoms with Crippen LogP contribution in [-0.2, 0) is 13.0 Å². The summed E-state index contributed by atoms with van der Waals surface area (Å²) in [7, 11) is 0. The van der Waals surface area contributed by atoms with Crippen molar-refractivity contribution in [3.8, 4) is 0 Å². The molecule has 0 saturated heterocycles. The Morgan fingerprint density at radius 3 is 2.89 bits per heavy atom. The molecule has 0 aliphatic rings. The quantitative estimate of drug-likeness (QED) is 0.672. The van der Waals surface area contributed by atoms with Crippen LogP contribution in [0.25, 0.3) is 10.9 Å². The number of rotatable bonds is 3. The van der Waals surface area contributed by atoms with Gasteiger partial charge in [-0.25, -0.2) is 0 Å². The van der Waals surface area contributed by atoms with Crippen molar-refractivity contribution in [3.05, 3.63) is 52.5 Å². The van der Waals surface area contributed by atoms with Crippen molar-refractivity contribution in [1.29, 1.82) is 0 Å². The molecule has 2 heterocycles. The molecule has 3 rings (SSSR count). The monoisotopic (exact) mass is 254 g/mol. The Balaban J connectivity index is 2.09. The minimum absolute atomic E-state index is 0.496. The van der Waals surface area contributed by atoms with Gasteiger partial charge in [0.2, 0.25) is 0 Å². The Hall–Kier alpha value is -2.07. The molecule has 98 valence electrons. The lowest BCUT2D eigenvalue weighted by atomic mass is 10.0. The van der Waals surface area contributed by atoms with E-state index in [1.165, 1.54) is 33.3 Å². The van der Waals surface area contributed by atoms with Crippen molar-refractivity contribution in [3.63, 3.8) is 0 Å². The van der Waals surface area contributed by atoms with Crippen molar-refractivity contribution >= 4 is 10.9 Å². The molecule has 1 aromatic carbocycles. The minimum atomic E-state index is 0.496. The summed E-state index contributed by atoms with van der Waals surface area (Å²) in [6.45, 7) is 4.73. The van der Waals surface area contributed by atoms with Crippen molar-refractivity contribution in [2.24, 2.45) is 5.73 Å². The SMILES string of the molecule is Cc1ccc2[nH]c(C)c(Cc3cn[nH]c3CN)c2c1. The smallest absolute Gasteiger partial charge is 0.0526 e. The third kappa shape index (κ3) is 2.04. The minimum Gasteiger partial charge on any atom is -0.358 e. The number of aromatic amines is 2. The van der Waals surface area contributed by atoms with Gasteiger partial charge in [-0.2, -0.15) is 5.10 Å². The number of aryl methyl sites for hydroxylation is 2. The lowest BCUT2D eigenvalue weighted by Gasteiger charge is -2.02. The van der Waals surface area contributed by atoms with Gasteiger partial charge in [0.25, 0.3) is 0 Å². The van der Waals surface area contributed by atoms with Crippen LogP contribution in [0.2, 0.25) is 0 Å². The predicted molar refractivity (Wildman–Crippen MR) is 77.1 cm³/mol. The molecule has 4 N–H and O–H groups in total. The Kier molecular flexibility index (Phi) is 2.87. The summed E-state index contributed by atoms with van der Waals surface area (Å²) in [4.78, 5) is 3.44. The lowest BCUT2D eigenvalue weighted by Crippen LogP contribution is -2.01. The van der Waals surface area contributed by atoms with Gasteiger partial charge in [0.15, 0.2) is 0 Å². The second kappa shape index (κ2) is 4.55. The molecule has 0 radical (unpaired) electrons. The number of nitrogens with two attached hydrogens (primary N) is 1. The van der Waals surface area contributed by atoms with Crippen molar-refractivity contribution in [2.75, 3.05) is 0 Å². The summed E-state index contributed by atoms with van der Waals surface area (Å²) in [6, 6.07) is 6.50.